The number of halogens is 1. The highest BCUT2D eigenvalue weighted by Crippen LogP contribution is 2.17. The van der Waals surface area contributed by atoms with E-state index in [0.717, 1.165) is 5.75 Å². The number of unbranched alkanes of at least 4 members (excludes halogenated alkanes) is 2. The zero-order valence-electron chi connectivity index (χ0n) is 9.84. The molecule has 90 valence electrons. The van der Waals surface area contributed by atoms with E-state index in [0.29, 0.717) is 5.56 Å². The SMILES string of the molecule is CCCCCSCc1ccc(F)c(CN)c1. The third-order valence-corrected chi connectivity index (χ3v) is 3.61. The molecule has 0 unspecified atom stereocenters. The molecule has 16 heavy (non-hydrogen) atoms. The van der Waals surface area contributed by atoms with E-state index in [1.54, 1.807) is 0 Å². The Kier molecular flexibility index (Phi) is 6.50. The van der Waals surface area contributed by atoms with Crippen LogP contribution in [-0.2, 0) is 12.3 Å². The van der Waals surface area contributed by atoms with E-state index >= 15 is 0 Å². The Balaban J connectivity index is 2.36. The zero-order chi connectivity index (χ0) is 11.8. The fourth-order valence-corrected chi connectivity index (χ4v) is 2.49. The van der Waals surface area contributed by atoms with Gasteiger partial charge in [0, 0.05) is 17.9 Å². The van der Waals surface area contributed by atoms with E-state index in [4.69, 9.17) is 5.73 Å². The highest BCUT2D eigenvalue weighted by molar-refractivity contribution is 7.98. The topological polar surface area (TPSA) is 26.0 Å². The second-order valence-corrected chi connectivity index (χ2v) is 4.99. The van der Waals surface area contributed by atoms with E-state index in [-0.39, 0.29) is 12.4 Å². The summed E-state index contributed by atoms with van der Waals surface area (Å²) < 4.78 is 13.2. The van der Waals surface area contributed by atoms with Gasteiger partial charge in [0.05, 0.1) is 0 Å². The van der Waals surface area contributed by atoms with Crippen molar-refractivity contribution >= 4 is 11.8 Å². The van der Waals surface area contributed by atoms with Crippen LogP contribution < -0.4 is 5.73 Å². The molecule has 0 spiro atoms. The van der Waals surface area contributed by atoms with Gasteiger partial charge in [0.2, 0.25) is 0 Å². The van der Waals surface area contributed by atoms with E-state index in [9.17, 15) is 4.39 Å². The molecule has 0 saturated carbocycles. The van der Waals surface area contributed by atoms with E-state index in [1.165, 1.54) is 36.6 Å². The molecule has 1 aromatic rings. The van der Waals surface area contributed by atoms with Crippen LogP contribution in [0.1, 0.15) is 37.3 Å². The maximum Gasteiger partial charge on any atom is 0.127 e. The lowest BCUT2D eigenvalue weighted by Crippen LogP contribution is -2.00. The van der Waals surface area contributed by atoms with Crippen LogP contribution in [0.15, 0.2) is 18.2 Å². The second-order valence-electron chi connectivity index (χ2n) is 3.89. The smallest absolute Gasteiger partial charge is 0.127 e. The van der Waals surface area contributed by atoms with Gasteiger partial charge in [-0.25, -0.2) is 4.39 Å². The highest BCUT2D eigenvalue weighted by Gasteiger charge is 2.01. The first-order valence-corrected chi connectivity index (χ1v) is 6.98. The molecule has 1 rings (SSSR count). The standard InChI is InChI=1S/C13H20FNS/c1-2-3-4-7-16-10-11-5-6-13(14)12(8-11)9-15/h5-6,8H,2-4,7,9-10,15H2,1H3. The number of rotatable bonds is 7. The predicted molar refractivity (Wildman–Crippen MR) is 70.0 cm³/mol. The largest absolute Gasteiger partial charge is 0.326 e. The molecule has 0 aliphatic carbocycles. The molecule has 2 N–H and O–H groups in total. The van der Waals surface area contributed by atoms with Gasteiger partial charge in [0.15, 0.2) is 0 Å². The molecule has 0 saturated heterocycles. The minimum atomic E-state index is -0.192. The quantitative estimate of drug-likeness (QED) is 0.736. The molecule has 0 aliphatic rings. The molecule has 0 aromatic heterocycles. The summed E-state index contributed by atoms with van der Waals surface area (Å²) in [6, 6.07) is 5.24. The fourth-order valence-electron chi connectivity index (χ4n) is 1.52. The average Bonchev–Trinajstić information content (AvgIpc) is 2.31. The van der Waals surface area contributed by atoms with Gasteiger partial charge in [-0.3, -0.25) is 0 Å². The van der Waals surface area contributed by atoms with E-state index in [2.05, 4.69) is 6.92 Å². The molecule has 0 radical (unpaired) electrons. The van der Waals surface area contributed by atoms with Crippen LogP contribution >= 0.6 is 11.8 Å². The van der Waals surface area contributed by atoms with Gasteiger partial charge < -0.3 is 5.73 Å². The lowest BCUT2D eigenvalue weighted by atomic mass is 10.1. The number of hydrogen-bond acceptors (Lipinski definition) is 2. The molecule has 0 atom stereocenters. The third kappa shape index (κ3) is 4.54. The van der Waals surface area contributed by atoms with Crippen LogP contribution in [0.5, 0.6) is 0 Å². The zero-order valence-corrected chi connectivity index (χ0v) is 10.7. The van der Waals surface area contributed by atoms with E-state index in [1.807, 2.05) is 23.9 Å². The second kappa shape index (κ2) is 7.69. The van der Waals surface area contributed by atoms with Crippen molar-refractivity contribution in [1.29, 1.82) is 0 Å². The third-order valence-electron chi connectivity index (χ3n) is 2.49. The molecule has 1 nitrogen and oxygen atoms in total. The van der Waals surface area contributed by atoms with Crippen LogP contribution in [0, 0.1) is 5.82 Å². The number of thioether (sulfide) groups is 1. The van der Waals surface area contributed by atoms with Crippen molar-refractivity contribution in [2.45, 2.75) is 38.5 Å². The van der Waals surface area contributed by atoms with Gasteiger partial charge in [-0.05, 0) is 23.8 Å². The summed E-state index contributed by atoms with van der Waals surface area (Å²) >= 11 is 1.91. The first kappa shape index (κ1) is 13.5. The van der Waals surface area contributed by atoms with Gasteiger partial charge in [0.1, 0.15) is 5.82 Å². The lowest BCUT2D eigenvalue weighted by Gasteiger charge is -2.05. The predicted octanol–water partition coefficient (Wildman–Crippen LogP) is 3.71. The van der Waals surface area contributed by atoms with Crippen LogP contribution in [0.2, 0.25) is 0 Å². The molecule has 0 heterocycles. The van der Waals surface area contributed by atoms with E-state index < -0.39 is 0 Å². The van der Waals surface area contributed by atoms with Gasteiger partial charge in [-0.2, -0.15) is 11.8 Å². The monoisotopic (exact) mass is 241 g/mol. The Labute approximate surface area is 102 Å². The maximum atomic E-state index is 13.2. The molecular weight excluding hydrogens is 221 g/mol. The Morgan fingerprint density at radius 1 is 1.31 bits per heavy atom. The molecule has 0 fully saturated rings. The van der Waals surface area contributed by atoms with Crippen molar-refractivity contribution < 1.29 is 4.39 Å². The highest BCUT2D eigenvalue weighted by atomic mass is 32.2. The molecule has 0 amide bonds. The first-order valence-electron chi connectivity index (χ1n) is 5.83. The van der Waals surface area contributed by atoms with Crippen LogP contribution in [0.25, 0.3) is 0 Å². The van der Waals surface area contributed by atoms with Crippen molar-refractivity contribution in [2.24, 2.45) is 5.73 Å². The summed E-state index contributed by atoms with van der Waals surface area (Å²) in [5.41, 5.74) is 7.25. The Morgan fingerprint density at radius 3 is 2.81 bits per heavy atom. The summed E-state index contributed by atoms with van der Waals surface area (Å²) in [7, 11) is 0. The van der Waals surface area contributed by atoms with Gasteiger partial charge in [-0.15, -0.1) is 0 Å². The Bertz CT molecular complexity index is 315. The summed E-state index contributed by atoms with van der Waals surface area (Å²) in [6.45, 7) is 2.48. The molecule has 0 aliphatic heterocycles. The Morgan fingerprint density at radius 2 is 2.12 bits per heavy atom. The first-order chi connectivity index (χ1) is 7.77. The van der Waals surface area contributed by atoms with Gasteiger partial charge in [-0.1, -0.05) is 31.9 Å². The Hall–Kier alpha value is -0.540. The van der Waals surface area contributed by atoms with Crippen molar-refractivity contribution in [3.8, 4) is 0 Å². The van der Waals surface area contributed by atoms with Crippen molar-refractivity contribution in [3.63, 3.8) is 0 Å². The maximum absolute atomic E-state index is 13.2. The summed E-state index contributed by atoms with van der Waals surface area (Å²) in [5, 5.41) is 0. The van der Waals surface area contributed by atoms with Crippen molar-refractivity contribution in [1.82, 2.24) is 0 Å². The van der Waals surface area contributed by atoms with Crippen LogP contribution in [-0.4, -0.2) is 5.75 Å². The number of benzene rings is 1. The minimum Gasteiger partial charge on any atom is -0.326 e. The van der Waals surface area contributed by atoms with Gasteiger partial charge >= 0.3 is 0 Å². The fraction of sp³-hybridized carbons (Fsp3) is 0.538. The molecule has 3 heteroatoms. The number of hydrogen-bond donors (Lipinski definition) is 1. The average molecular weight is 241 g/mol. The summed E-state index contributed by atoms with van der Waals surface area (Å²) in [5.74, 6) is 1.95. The number of nitrogens with two attached hydrogens (primary N) is 1. The molecular formula is C13H20FNS. The van der Waals surface area contributed by atoms with Gasteiger partial charge in [0.25, 0.3) is 0 Å². The molecule has 1 aromatic carbocycles. The van der Waals surface area contributed by atoms with Crippen molar-refractivity contribution in [2.75, 3.05) is 5.75 Å². The van der Waals surface area contributed by atoms with Crippen LogP contribution in [0.4, 0.5) is 4.39 Å². The minimum absolute atomic E-state index is 0.192. The summed E-state index contributed by atoms with van der Waals surface area (Å²) in [6.07, 6.45) is 3.82. The summed E-state index contributed by atoms with van der Waals surface area (Å²) in [4.78, 5) is 0. The van der Waals surface area contributed by atoms with Crippen LogP contribution in [0.3, 0.4) is 0 Å². The molecule has 0 bridgehead atoms. The lowest BCUT2D eigenvalue weighted by molar-refractivity contribution is 0.610. The normalized spacial score (nSPS) is 10.7. The van der Waals surface area contributed by atoms with Crippen molar-refractivity contribution in [3.05, 3.63) is 35.1 Å².